The number of carbonyl (C=O) groups excluding carboxylic acids is 1. The summed E-state index contributed by atoms with van der Waals surface area (Å²) in [6.45, 7) is 1.42. The number of sulfonamides is 1. The van der Waals surface area contributed by atoms with Gasteiger partial charge in [-0.15, -0.1) is 0 Å². The maximum atomic E-state index is 12.7. The van der Waals surface area contributed by atoms with Gasteiger partial charge in [0.15, 0.2) is 0 Å². The number of likely N-dealkylation sites (N-methyl/N-ethyl adjacent to an activating group) is 1. The van der Waals surface area contributed by atoms with Crippen molar-refractivity contribution in [3.05, 3.63) is 53.6 Å². The number of rotatable bonds is 7. The molecule has 0 heterocycles. The van der Waals surface area contributed by atoms with Gasteiger partial charge in [-0.1, -0.05) is 12.1 Å². The minimum atomic E-state index is -3.81. The van der Waals surface area contributed by atoms with Crippen LogP contribution < -0.4 is 10.1 Å². The first-order valence-corrected chi connectivity index (χ1v) is 9.58. The molecule has 0 aliphatic heterocycles. The van der Waals surface area contributed by atoms with Gasteiger partial charge in [0, 0.05) is 12.7 Å². The summed E-state index contributed by atoms with van der Waals surface area (Å²) in [6, 6.07) is 13.4. The monoisotopic (exact) mass is 387 g/mol. The van der Waals surface area contributed by atoms with Crippen molar-refractivity contribution in [2.75, 3.05) is 26.0 Å². The number of nitriles is 1. The molecule has 0 aliphatic rings. The molecule has 0 fully saturated rings. The van der Waals surface area contributed by atoms with Gasteiger partial charge in [0.1, 0.15) is 5.75 Å². The molecule has 0 aromatic heterocycles. The molecule has 0 atom stereocenters. The van der Waals surface area contributed by atoms with Crippen LogP contribution in [0.5, 0.6) is 5.75 Å². The van der Waals surface area contributed by atoms with Crippen molar-refractivity contribution in [2.24, 2.45) is 0 Å². The number of anilines is 1. The second kappa shape index (κ2) is 8.66. The van der Waals surface area contributed by atoms with Crippen LogP contribution in [0.2, 0.25) is 0 Å². The largest absolute Gasteiger partial charge is 0.496 e. The average Bonchev–Trinajstić information content (AvgIpc) is 2.63. The SMILES string of the molecule is COc1ccc(S(=O)(=O)N(C)CC(=O)Nc2ccc(CC#N)cc2)cc1C. The molecular formula is C19H21N3O4S. The standard InChI is InChI=1S/C19H21N3O4S/c1-14-12-17(8-9-18(14)26-3)27(24,25)22(2)13-19(23)21-16-6-4-15(5-7-16)10-11-20/h4-9,12H,10,13H2,1-3H3,(H,21,23). The molecule has 142 valence electrons. The van der Waals surface area contributed by atoms with Crippen LogP contribution in [0.1, 0.15) is 11.1 Å². The maximum Gasteiger partial charge on any atom is 0.243 e. The highest BCUT2D eigenvalue weighted by molar-refractivity contribution is 7.89. The number of hydrogen-bond donors (Lipinski definition) is 1. The quantitative estimate of drug-likeness (QED) is 0.786. The third-order valence-electron chi connectivity index (χ3n) is 3.96. The second-order valence-electron chi connectivity index (χ2n) is 5.97. The van der Waals surface area contributed by atoms with Gasteiger partial charge in [0.2, 0.25) is 15.9 Å². The predicted octanol–water partition coefficient (Wildman–Crippen LogP) is 2.33. The lowest BCUT2D eigenvalue weighted by Gasteiger charge is -2.18. The molecule has 0 bridgehead atoms. The molecule has 0 unspecified atom stereocenters. The summed E-state index contributed by atoms with van der Waals surface area (Å²) in [5.74, 6) is 0.133. The summed E-state index contributed by atoms with van der Waals surface area (Å²) in [6.07, 6.45) is 0.288. The van der Waals surface area contributed by atoms with Crippen molar-refractivity contribution in [1.82, 2.24) is 4.31 Å². The van der Waals surface area contributed by atoms with Crippen molar-refractivity contribution in [3.63, 3.8) is 0 Å². The lowest BCUT2D eigenvalue weighted by atomic mass is 10.1. The van der Waals surface area contributed by atoms with Gasteiger partial charge in [0.05, 0.1) is 31.0 Å². The summed E-state index contributed by atoms with van der Waals surface area (Å²) in [4.78, 5) is 12.3. The van der Waals surface area contributed by atoms with E-state index in [0.717, 1.165) is 9.87 Å². The zero-order valence-corrected chi connectivity index (χ0v) is 16.2. The van der Waals surface area contributed by atoms with Crippen molar-refractivity contribution in [2.45, 2.75) is 18.2 Å². The van der Waals surface area contributed by atoms with Crippen LogP contribution in [0, 0.1) is 18.3 Å². The van der Waals surface area contributed by atoms with E-state index in [2.05, 4.69) is 5.32 Å². The average molecular weight is 387 g/mol. The molecule has 0 aliphatic carbocycles. The van der Waals surface area contributed by atoms with E-state index < -0.39 is 15.9 Å². The summed E-state index contributed by atoms with van der Waals surface area (Å²) < 4.78 is 31.5. The second-order valence-corrected chi connectivity index (χ2v) is 8.02. The van der Waals surface area contributed by atoms with Crippen molar-refractivity contribution >= 4 is 21.6 Å². The molecule has 2 aromatic rings. The third kappa shape index (κ3) is 5.06. The Morgan fingerprint density at radius 3 is 2.44 bits per heavy atom. The fraction of sp³-hybridized carbons (Fsp3) is 0.263. The van der Waals surface area contributed by atoms with E-state index in [0.29, 0.717) is 17.0 Å². The predicted molar refractivity (Wildman–Crippen MR) is 102 cm³/mol. The van der Waals surface area contributed by atoms with E-state index in [-0.39, 0.29) is 17.9 Å². The van der Waals surface area contributed by atoms with Gasteiger partial charge >= 0.3 is 0 Å². The molecule has 1 N–H and O–H groups in total. The number of nitrogens with one attached hydrogen (secondary N) is 1. The zero-order chi connectivity index (χ0) is 20.0. The molecule has 0 spiro atoms. The number of methoxy groups -OCH3 is 1. The minimum absolute atomic E-state index is 0.0944. The summed E-state index contributed by atoms with van der Waals surface area (Å²) in [7, 11) is -0.942. The fourth-order valence-corrected chi connectivity index (χ4v) is 3.69. The van der Waals surface area contributed by atoms with E-state index in [9.17, 15) is 13.2 Å². The first-order valence-electron chi connectivity index (χ1n) is 8.14. The number of hydrogen-bond acceptors (Lipinski definition) is 5. The fourth-order valence-electron chi connectivity index (χ4n) is 2.48. The molecule has 1 amide bonds. The summed E-state index contributed by atoms with van der Waals surface area (Å²) in [5, 5.41) is 11.3. The Morgan fingerprint density at radius 2 is 1.89 bits per heavy atom. The molecule has 8 heteroatoms. The van der Waals surface area contributed by atoms with Crippen LogP contribution in [0.15, 0.2) is 47.4 Å². The van der Waals surface area contributed by atoms with Crippen LogP contribution in [-0.2, 0) is 21.2 Å². The summed E-state index contributed by atoms with van der Waals surface area (Å²) in [5.41, 5.74) is 2.06. The molecular weight excluding hydrogens is 366 g/mol. The number of ether oxygens (including phenoxy) is 1. The van der Waals surface area contributed by atoms with Crippen molar-refractivity contribution < 1.29 is 17.9 Å². The molecule has 0 saturated carbocycles. The number of carbonyl (C=O) groups is 1. The lowest BCUT2D eigenvalue weighted by Crippen LogP contribution is -2.35. The maximum absolute atomic E-state index is 12.7. The molecule has 0 radical (unpaired) electrons. The Balaban J connectivity index is 2.06. The van der Waals surface area contributed by atoms with Crippen molar-refractivity contribution in [3.8, 4) is 11.8 Å². The lowest BCUT2D eigenvalue weighted by molar-refractivity contribution is -0.116. The van der Waals surface area contributed by atoms with Gasteiger partial charge in [-0.05, 0) is 48.4 Å². The Hall–Kier alpha value is -2.89. The first kappa shape index (κ1) is 20.4. The van der Waals surface area contributed by atoms with E-state index in [4.69, 9.17) is 10.00 Å². The van der Waals surface area contributed by atoms with E-state index >= 15 is 0 Å². The van der Waals surface area contributed by atoms with E-state index in [1.165, 1.54) is 26.3 Å². The molecule has 0 saturated heterocycles. The smallest absolute Gasteiger partial charge is 0.243 e. The normalized spacial score (nSPS) is 11.1. The van der Waals surface area contributed by atoms with Gasteiger partial charge in [-0.25, -0.2) is 8.42 Å². The number of nitrogens with zero attached hydrogens (tertiary/aromatic N) is 2. The van der Waals surface area contributed by atoms with Crippen LogP contribution in [0.25, 0.3) is 0 Å². The highest BCUT2D eigenvalue weighted by Gasteiger charge is 2.23. The van der Waals surface area contributed by atoms with Gasteiger partial charge < -0.3 is 10.1 Å². The Labute approximate surface area is 159 Å². The molecule has 2 rings (SSSR count). The van der Waals surface area contributed by atoms with E-state index in [1.54, 1.807) is 37.3 Å². The zero-order valence-electron chi connectivity index (χ0n) is 15.4. The van der Waals surface area contributed by atoms with Gasteiger partial charge in [0.25, 0.3) is 0 Å². The summed E-state index contributed by atoms with van der Waals surface area (Å²) >= 11 is 0. The number of aryl methyl sites for hydroxylation is 1. The third-order valence-corrected chi connectivity index (χ3v) is 5.76. The topological polar surface area (TPSA) is 99.5 Å². The Bertz CT molecular complexity index is 963. The highest BCUT2D eigenvalue weighted by Crippen LogP contribution is 2.23. The first-order chi connectivity index (χ1) is 12.8. The molecule has 2 aromatic carbocycles. The van der Waals surface area contributed by atoms with Crippen molar-refractivity contribution in [1.29, 1.82) is 5.26 Å². The number of benzene rings is 2. The van der Waals surface area contributed by atoms with Crippen LogP contribution in [0.3, 0.4) is 0 Å². The molecule has 7 nitrogen and oxygen atoms in total. The Kier molecular flexibility index (Phi) is 6.55. The van der Waals surface area contributed by atoms with Gasteiger partial charge in [-0.3, -0.25) is 4.79 Å². The van der Waals surface area contributed by atoms with Crippen LogP contribution in [-0.4, -0.2) is 39.3 Å². The van der Waals surface area contributed by atoms with Crippen LogP contribution >= 0.6 is 0 Å². The number of amides is 1. The van der Waals surface area contributed by atoms with E-state index in [1.807, 2.05) is 6.07 Å². The Morgan fingerprint density at radius 1 is 1.22 bits per heavy atom. The van der Waals surface area contributed by atoms with Crippen LogP contribution in [0.4, 0.5) is 5.69 Å². The minimum Gasteiger partial charge on any atom is -0.496 e. The highest BCUT2D eigenvalue weighted by atomic mass is 32.2. The molecule has 27 heavy (non-hydrogen) atoms. The van der Waals surface area contributed by atoms with Gasteiger partial charge in [-0.2, -0.15) is 9.57 Å².